The zero-order valence-electron chi connectivity index (χ0n) is 18.0. The van der Waals surface area contributed by atoms with E-state index in [0.29, 0.717) is 13.1 Å². The average Bonchev–Trinajstić information content (AvgIpc) is 3.37. The maximum Gasteiger partial charge on any atom is 0.231 e. The molecular formula is C25H27N3O3. The minimum absolute atomic E-state index is 0.00582. The van der Waals surface area contributed by atoms with E-state index in [1.165, 1.54) is 11.1 Å². The van der Waals surface area contributed by atoms with E-state index in [4.69, 9.17) is 9.47 Å². The van der Waals surface area contributed by atoms with Gasteiger partial charge in [0.1, 0.15) is 0 Å². The fraction of sp³-hybridized carbons (Fsp3) is 0.360. The van der Waals surface area contributed by atoms with Crippen molar-refractivity contribution in [2.75, 3.05) is 6.79 Å². The summed E-state index contributed by atoms with van der Waals surface area (Å²) in [7, 11) is 1.93. The van der Waals surface area contributed by atoms with Crippen molar-refractivity contribution in [3.63, 3.8) is 0 Å². The first-order valence-electron chi connectivity index (χ1n) is 10.8. The highest BCUT2D eigenvalue weighted by Crippen LogP contribution is 2.33. The highest BCUT2D eigenvalue weighted by Gasteiger charge is 2.29. The fourth-order valence-corrected chi connectivity index (χ4v) is 4.55. The molecule has 2 aromatic carbocycles. The molecular weight excluding hydrogens is 390 g/mol. The van der Waals surface area contributed by atoms with Gasteiger partial charge >= 0.3 is 0 Å². The van der Waals surface area contributed by atoms with E-state index in [1.54, 1.807) is 0 Å². The van der Waals surface area contributed by atoms with Gasteiger partial charge in [0, 0.05) is 25.2 Å². The molecule has 0 bridgehead atoms. The fourth-order valence-electron chi connectivity index (χ4n) is 4.55. The molecule has 0 fully saturated rings. The highest BCUT2D eigenvalue weighted by molar-refractivity contribution is 5.79. The number of carbonyl (C=O) groups is 1. The normalized spacial score (nSPS) is 16.8. The predicted molar refractivity (Wildman–Crippen MR) is 117 cm³/mol. The molecule has 2 heterocycles. The number of hydrogen-bond donors (Lipinski definition) is 0. The Labute approximate surface area is 182 Å². The van der Waals surface area contributed by atoms with Crippen LogP contribution in [0, 0.1) is 12.8 Å². The van der Waals surface area contributed by atoms with Crippen LogP contribution in [0.4, 0.5) is 0 Å². The van der Waals surface area contributed by atoms with Gasteiger partial charge in [-0.05, 0) is 61.1 Å². The van der Waals surface area contributed by atoms with Crippen LogP contribution in [-0.2, 0) is 37.8 Å². The second-order valence-corrected chi connectivity index (χ2v) is 8.49. The van der Waals surface area contributed by atoms with Crippen molar-refractivity contribution in [3.05, 3.63) is 76.6 Å². The molecule has 0 spiro atoms. The number of aromatic nitrogens is 2. The van der Waals surface area contributed by atoms with Crippen LogP contribution in [0.5, 0.6) is 11.5 Å². The standard InChI is InChI=1S/C25H27N3O3/c1-17-11-22(26-27(17)2)15-28(14-18-7-10-23-24(12-18)31-16-30-23)25(29)21-9-8-19-5-3-4-6-20(19)13-21/h3-7,10-12,21H,8-9,13-16H2,1-2H3/t21-/m1/s1. The molecule has 0 N–H and O–H groups in total. The minimum atomic E-state index is -0.00582. The smallest absolute Gasteiger partial charge is 0.231 e. The van der Waals surface area contributed by atoms with Crippen molar-refractivity contribution in [3.8, 4) is 11.5 Å². The lowest BCUT2D eigenvalue weighted by molar-refractivity contribution is -0.137. The molecule has 6 heteroatoms. The van der Waals surface area contributed by atoms with Gasteiger partial charge in [0.25, 0.3) is 0 Å². The topological polar surface area (TPSA) is 56.6 Å². The third kappa shape index (κ3) is 4.02. The molecule has 31 heavy (non-hydrogen) atoms. The number of benzene rings is 2. The lowest BCUT2D eigenvalue weighted by Gasteiger charge is -2.30. The second-order valence-electron chi connectivity index (χ2n) is 8.49. The summed E-state index contributed by atoms with van der Waals surface area (Å²) in [4.78, 5) is 15.6. The van der Waals surface area contributed by atoms with Gasteiger partial charge < -0.3 is 14.4 Å². The number of nitrogens with zero attached hydrogens (tertiary/aromatic N) is 3. The molecule has 1 amide bonds. The Morgan fingerprint density at radius 2 is 1.90 bits per heavy atom. The van der Waals surface area contributed by atoms with Gasteiger partial charge in [0.05, 0.1) is 12.2 Å². The quantitative estimate of drug-likeness (QED) is 0.634. The SMILES string of the molecule is Cc1cc(CN(Cc2ccc3c(c2)OCO3)C(=O)[C@@H]2CCc3ccccc3C2)nn1C. The Morgan fingerprint density at radius 1 is 1.10 bits per heavy atom. The van der Waals surface area contributed by atoms with E-state index < -0.39 is 0 Å². The zero-order valence-corrected chi connectivity index (χ0v) is 18.0. The van der Waals surface area contributed by atoms with E-state index >= 15 is 0 Å². The van der Waals surface area contributed by atoms with Gasteiger partial charge in [-0.25, -0.2) is 0 Å². The van der Waals surface area contributed by atoms with Crippen LogP contribution < -0.4 is 9.47 Å². The Kier molecular flexibility index (Phi) is 5.14. The van der Waals surface area contributed by atoms with Crippen LogP contribution >= 0.6 is 0 Å². The van der Waals surface area contributed by atoms with Crippen LogP contribution in [0.15, 0.2) is 48.5 Å². The third-order valence-corrected chi connectivity index (χ3v) is 6.34. The second kappa shape index (κ2) is 8.10. The Bertz CT molecular complexity index is 1100. The summed E-state index contributed by atoms with van der Waals surface area (Å²) >= 11 is 0. The van der Waals surface area contributed by atoms with Crippen LogP contribution in [0.3, 0.4) is 0 Å². The maximum absolute atomic E-state index is 13.7. The van der Waals surface area contributed by atoms with Crippen LogP contribution in [0.1, 0.15) is 34.5 Å². The number of carbonyl (C=O) groups excluding carboxylic acids is 1. The molecule has 0 unspecified atom stereocenters. The first-order chi connectivity index (χ1) is 15.1. The molecule has 3 aromatic rings. The molecule has 0 radical (unpaired) electrons. The van der Waals surface area contributed by atoms with Gasteiger partial charge in [-0.2, -0.15) is 5.10 Å². The molecule has 6 nitrogen and oxygen atoms in total. The van der Waals surface area contributed by atoms with Crippen LogP contribution in [0.25, 0.3) is 0 Å². The van der Waals surface area contributed by atoms with Crippen molar-refractivity contribution < 1.29 is 14.3 Å². The molecule has 1 aliphatic carbocycles. The van der Waals surface area contributed by atoms with Gasteiger partial charge in [-0.1, -0.05) is 30.3 Å². The number of aryl methyl sites for hydroxylation is 3. The number of hydrogen-bond acceptors (Lipinski definition) is 4. The Balaban J connectivity index is 1.39. The number of amides is 1. The van der Waals surface area contributed by atoms with E-state index in [9.17, 15) is 4.79 Å². The molecule has 5 rings (SSSR count). The van der Waals surface area contributed by atoms with Crippen molar-refractivity contribution in [1.29, 1.82) is 0 Å². The van der Waals surface area contributed by atoms with Gasteiger partial charge in [0.2, 0.25) is 12.7 Å². The summed E-state index contributed by atoms with van der Waals surface area (Å²) in [6.45, 7) is 3.28. The van der Waals surface area contributed by atoms with E-state index in [2.05, 4.69) is 35.4 Å². The molecule has 1 aromatic heterocycles. The predicted octanol–water partition coefficient (Wildman–Crippen LogP) is 3.79. The van der Waals surface area contributed by atoms with Crippen LogP contribution in [-0.4, -0.2) is 27.4 Å². The van der Waals surface area contributed by atoms with Crippen molar-refractivity contribution in [2.24, 2.45) is 13.0 Å². The van der Waals surface area contributed by atoms with E-state index in [1.807, 2.05) is 41.8 Å². The highest BCUT2D eigenvalue weighted by atomic mass is 16.7. The summed E-state index contributed by atoms with van der Waals surface area (Å²) in [5.41, 5.74) is 5.68. The van der Waals surface area contributed by atoms with Crippen LogP contribution in [0.2, 0.25) is 0 Å². The summed E-state index contributed by atoms with van der Waals surface area (Å²) in [6.07, 6.45) is 2.63. The van der Waals surface area contributed by atoms with Gasteiger partial charge in [-0.15, -0.1) is 0 Å². The third-order valence-electron chi connectivity index (χ3n) is 6.34. The van der Waals surface area contributed by atoms with Crippen molar-refractivity contribution in [1.82, 2.24) is 14.7 Å². The van der Waals surface area contributed by atoms with Crippen molar-refractivity contribution >= 4 is 5.91 Å². The minimum Gasteiger partial charge on any atom is -0.454 e. The maximum atomic E-state index is 13.7. The van der Waals surface area contributed by atoms with Gasteiger partial charge in [-0.3, -0.25) is 9.48 Å². The summed E-state index contributed by atoms with van der Waals surface area (Å²) < 4.78 is 12.8. The van der Waals surface area contributed by atoms with E-state index in [-0.39, 0.29) is 18.6 Å². The first-order valence-corrected chi connectivity index (χ1v) is 10.8. The molecule has 0 saturated carbocycles. The first kappa shape index (κ1) is 19.7. The summed E-state index contributed by atoms with van der Waals surface area (Å²) in [5, 5.41) is 4.59. The number of fused-ring (bicyclic) bond motifs is 2. The number of ether oxygens (including phenoxy) is 2. The van der Waals surface area contributed by atoms with Gasteiger partial charge in [0.15, 0.2) is 11.5 Å². The molecule has 160 valence electrons. The van der Waals surface area contributed by atoms with E-state index in [0.717, 1.165) is 47.7 Å². The Morgan fingerprint density at radius 3 is 2.71 bits per heavy atom. The Hall–Kier alpha value is -3.28. The zero-order chi connectivity index (χ0) is 21.4. The summed E-state index contributed by atoms with van der Waals surface area (Å²) in [6, 6.07) is 16.4. The molecule has 1 aliphatic heterocycles. The molecule has 1 atom stereocenters. The lowest BCUT2D eigenvalue weighted by atomic mass is 9.83. The average molecular weight is 418 g/mol. The number of rotatable bonds is 5. The molecule has 2 aliphatic rings. The molecule has 0 saturated heterocycles. The van der Waals surface area contributed by atoms with Crippen molar-refractivity contribution in [2.45, 2.75) is 39.3 Å². The lowest BCUT2D eigenvalue weighted by Crippen LogP contribution is -2.37. The summed E-state index contributed by atoms with van der Waals surface area (Å²) in [5.74, 6) is 1.68. The monoisotopic (exact) mass is 417 g/mol. The largest absolute Gasteiger partial charge is 0.454 e.